The molecule has 0 saturated heterocycles. The summed E-state index contributed by atoms with van der Waals surface area (Å²) in [7, 11) is 1.60. The second-order valence-corrected chi connectivity index (χ2v) is 6.00. The van der Waals surface area contributed by atoms with E-state index in [1.54, 1.807) is 19.2 Å². The van der Waals surface area contributed by atoms with E-state index in [9.17, 15) is 4.39 Å². The van der Waals surface area contributed by atoms with Crippen LogP contribution in [0.25, 0.3) is 0 Å². The largest absolute Gasteiger partial charge is 0.497 e. The summed E-state index contributed by atoms with van der Waals surface area (Å²) < 4.78 is 19.8. The Morgan fingerprint density at radius 3 is 2.36 bits per heavy atom. The lowest BCUT2D eigenvalue weighted by atomic mass is 10.3. The molecule has 25 heavy (non-hydrogen) atoms. The zero-order valence-corrected chi connectivity index (χ0v) is 14.8. The molecule has 128 valence electrons. The molecule has 1 aromatic heterocycles. The van der Waals surface area contributed by atoms with Crippen molar-refractivity contribution in [3.8, 4) is 5.75 Å². The minimum atomic E-state index is -0.419. The number of hydrogen-bond acceptors (Lipinski definition) is 6. The van der Waals surface area contributed by atoms with Crippen molar-refractivity contribution in [3.63, 3.8) is 0 Å². The van der Waals surface area contributed by atoms with Gasteiger partial charge in [0.05, 0.1) is 12.8 Å². The maximum atomic E-state index is 14.0. The number of methoxy groups -OCH3 is 1. The van der Waals surface area contributed by atoms with Crippen molar-refractivity contribution in [2.24, 2.45) is 0 Å². The first-order valence-corrected chi connectivity index (χ1v) is 8.10. The Morgan fingerprint density at radius 1 is 1.04 bits per heavy atom. The van der Waals surface area contributed by atoms with Crippen LogP contribution in [-0.4, -0.2) is 17.1 Å². The summed E-state index contributed by atoms with van der Waals surface area (Å²) in [6, 6.07) is 12.0. The fraction of sp³-hybridized carbons (Fsp3) is 0.0588. The van der Waals surface area contributed by atoms with E-state index < -0.39 is 5.82 Å². The summed E-state index contributed by atoms with van der Waals surface area (Å²) >= 11 is 3.22. The summed E-state index contributed by atoms with van der Waals surface area (Å²) in [5.41, 5.74) is 7.44. The van der Waals surface area contributed by atoms with Gasteiger partial charge in [-0.15, -0.1) is 0 Å². The Hall–Kier alpha value is -2.87. The number of hydrogen-bond donors (Lipinski definition) is 3. The number of aromatic nitrogens is 2. The van der Waals surface area contributed by atoms with Crippen LogP contribution in [0, 0.1) is 5.82 Å². The van der Waals surface area contributed by atoms with Crippen LogP contribution >= 0.6 is 15.9 Å². The number of anilines is 5. The van der Waals surface area contributed by atoms with Crippen molar-refractivity contribution in [3.05, 3.63) is 59.1 Å². The highest BCUT2D eigenvalue weighted by Crippen LogP contribution is 2.30. The molecule has 6 nitrogen and oxygen atoms in total. The maximum Gasteiger partial charge on any atom is 0.159 e. The second kappa shape index (κ2) is 7.35. The first kappa shape index (κ1) is 17.0. The predicted molar refractivity (Wildman–Crippen MR) is 100 cm³/mol. The predicted octanol–water partition coefficient (Wildman–Crippen LogP) is 4.46. The number of benzene rings is 2. The van der Waals surface area contributed by atoms with E-state index >= 15 is 0 Å². The number of rotatable bonds is 5. The van der Waals surface area contributed by atoms with Crippen molar-refractivity contribution in [1.29, 1.82) is 0 Å². The smallest absolute Gasteiger partial charge is 0.159 e. The van der Waals surface area contributed by atoms with E-state index in [2.05, 4.69) is 36.5 Å². The van der Waals surface area contributed by atoms with Crippen molar-refractivity contribution >= 4 is 44.6 Å². The molecule has 0 aliphatic rings. The molecule has 0 aliphatic heterocycles. The molecule has 1 heterocycles. The lowest BCUT2D eigenvalue weighted by Gasteiger charge is -2.13. The van der Waals surface area contributed by atoms with E-state index in [4.69, 9.17) is 10.5 Å². The molecule has 8 heteroatoms. The van der Waals surface area contributed by atoms with Crippen LogP contribution in [0.1, 0.15) is 0 Å². The number of nitrogens with one attached hydrogen (secondary N) is 2. The molecule has 0 atom stereocenters. The van der Waals surface area contributed by atoms with E-state index in [1.165, 1.54) is 12.4 Å². The molecular formula is C17H15BrFN5O. The number of nitrogen functional groups attached to an aromatic ring is 1. The molecule has 0 bridgehead atoms. The number of ether oxygens (including phenoxy) is 1. The van der Waals surface area contributed by atoms with Crippen LogP contribution < -0.4 is 21.1 Å². The molecule has 0 saturated carbocycles. The summed E-state index contributed by atoms with van der Waals surface area (Å²) in [6.07, 6.45) is 1.35. The van der Waals surface area contributed by atoms with E-state index in [1.807, 2.05) is 24.3 Å². The maximum absolute atomic E-state index is 14.0. The van der Waals surface area contributed by atoms with Crippen LogP contribution in [0.3, 0.4) is 0 Å². The topological polar surface area (TPSA) is 85.1 Å². The molecule has 0 radical (unpaired) electrons. The van der Waals surface area contributed by atoms with Crippen LogP contribution in [0.15, 0.2) is 53.3 Å². The van der Waals surface area contributed by atoms with Crippen LogP contribution in [0.5, 0.6) is 5.75 Å². The minimum Gasteiger partial charge on any atom is -0.497 e. The average molecular weight is 404 g/mol. The van der Waals surface area contributed by atoms with Gasteiger partial charge in [0, 0.05) is 10.2 Å². The van der Waals surface area contributed by atoms with Crippen molar-refractivity contribution < 1.29 is 9.13 Å². The van der Waals surface area contributed by atoms with Crippen molar-refractivity contribution in [1.82, 2.24) is 9.97 Å². The summed E-state index contributed by atoms with van der Waals surface area (Å²) in [4.78, 5) is 8.22. The van der Waals surface area contributed by atoms with Crippen molar-refractivity contribution in [2.45, 2.75) is 0 Å². The molecular weight excluding hydrogens is 389 g/mol. The quantitative estimate of drug-likeness (QED) is 0.583. The fourth-order valence-electron chi connectivity index (χ4n) is 2.12. The van der Waals surface area contributed by atoms with Gasteiger partial charge < -0.3 is 21.1 Å². The highest BCUT2D eigenvalue weighted by Gasteiger charge is 2.11. The standard InChI is InChI=1S/C17H15BrFN5O/c1-25-12-5-3-11(4-6-12)23-16-15(20)17(22-9-21-16)24-14-7-2-10(18)8-13(14)19/h2-9H,20H2,1H3,(H2,21,22,23,24). The van der Waals surface area contributed by atoms with Crippen molar-refractivity contribution in [2.75, 3.05) is 23.5 Å². The molecule has 0 aliphatic carbocycles. The van der Waals surface area contributed by atoms with Gasteiger partial charge in [-0.3, -0.25) is 0 Å². The third-order valence-electron chi connectivity index (χ3n) is 3.42. The van der Waals surface area contributed by atoms with Gasteiger partial charge in [-0.25, -0.2) is 14.4 Å². The van der Waals surface area contributed by atoms with Gasteiger partial charge in [0.25, 0.3) is 0 Å². The summed E-state index contributed by atoms with van der Waals surface area (Å²) in [5, 5.41) is 5.98. The fourth-order valence-corrected chi connectivity index (χ4v) is 2.46. The molecule has 0 unspecified atom stereocenters. The van der Waals surface area contributed by atoms with Crippen LogP contribution in [0.4, 0.5) is 33.1 Å². The first-order chi connectivity index (χ1) is 12.1. The molecule has 0 amide bonds. The van der Waals surface area contributed by atoms with Gasteiger partial charge in [0.1, 0.15) is 23.6 Å². The Balaban J connectivity index is 1.83. The molecule has 0 fully saturated rings. The molecule has 3 rings (SSSR count). The first-order valence-electron chi connectivity index (χ1n) is 7.30. The molecule has 0 spiro atoms. The Labute approximate surface area is 152 Å². The highest BCUT2D eigenvalue weighted by molar-refractivity contribution is 9.10. The monoisotopic (exact) mass is 403 g/mol. The van der Waals surface area contributed by atoms with Gasteiger partial charge in [-0.2, -0.15) is 0 Å². The lowest BCUT2D eigenvalue weighted by molar-refractivity contribution is 0.415. The van der Waals surface area contributed by atoms with E-state index in [0.717, 1.165) is 11.4 Å². The SMILES string of the molecule is COc1ccc(Nc2ncnc(Nc3ccc(Br)cc3F)c2N)cc1. The molecule has 4 N–H and O–H groups in total. The number of nitrogens with two attached hydrogens (primary N) is 1. The summed E-state index contributed by atoms with van der Waals surface area (Å²) in [6.45, 7) is 0. The number of nitrogens with zero attached hydrogens (tertiary/aromatic N) is 2. The van der Waals surface area contributed by atoms with Gasteiger partial charge >= 0.3 is 0 Å². The van der Waals surface area contributed by atoms with E-state index in [0.29, 0.717) is 16.1 Å². The minimum absolute atomic E-state index is 0.268. The van der Waals surface area contributed by atoms with Gasteiger partial charge in [0.2, 0.25) is 0 Å². The highest BCUT2D eigenvalue weighted by atomic mass is 79.9. The lowest BCUT2D eigenvalue weighted by Crippen LogP contribution is -2.06. The zero-order valence-electron chi connectivity index (χ0n) is 13.3. The van der Waals surface area contributed by atoms with E-state index in [-0.39, 0.29) is 11.4 Å². The third-order valence-corrected chi connectivity index (χ3v) is 3.91. The Kier molecular flexibility index (Phi) is 4.99. The Bertz CT molecular complexity index is 889. The number of halogens is 2. The second-order valence-electron chi connectivity index (χ2n) is 5.09. The van der Waals surface area contributed by atoms with Crippen LogP contribution in [-0.2, 0) is 0 Å². The van der Waals surface area contributed by atoms with Gasteiger partial charge in [-0.1, -0.05) is 15.9 Å². The van der Waals surface area contributed by atoms with Gasteiger partial charge in [0.15, 0.2) is 11.6 Å². The molecule has 3 aromatic rings. The van der Waals surface area contributed by atoms with Crippen LogP contribution in [0.2, 0.25) is 0 Å². The average Bonchev–Trinajstić information content (AvgIpc) is 2.61. The zero-order chi connectivity index (χ0) is 17.8. The normalized spacial score (nSPS) is 10.4. The van der Waals surface area contributed by atoms with Gasteiger partial charge in [-0.05, 0) is 42.5 Å². The summed E-state index contributed by atoms with van der Waals surface area (Å²) in [5.74, 6) is 1.05. The third kappa shape index (κ3) is 3.97. The Morgan fingerprint density at radius 2 is 1.72 bits per heavy atom. The molecule has 2 aromatic carbocycles.